The lowest BCUT2D eigenvalue weighted by Gasteiger charge is -2.28. The second-order valence-corrected chi connectivity index (χ2v) is 4.88. The van der Waals surface area contributed by atoms with Gasteiger partial charge in [-0.1, -0.05) is 5.16 Å². The Morgan fingerprint density at radius 2 is 2.00 bits per heavy atom. The molecule has 1 aliphatic rings. The summed E-state index contributed by atoms with van der Waals surface area (Å²) in [6.45, 7) is 4.77. The summed E-state index contributed by atoms with van der Waals surface area (Å²) < 4.78 is 5.31. The van der Waals surface area contributed by atoms with Crippen molar-refractivity contribution >= 4 is 23.1 Å². The van der Waals surface area contributed by atoms with Crippen molar-refractivity contribution in [3.63, 3.8) is 0 Å². The van der Waals surface area contributed by atoms with Crippen LogP contribution in [0.3, 0.4) is 0 Å². The fraction of sp³-hybridized carbons (Fsp3) is 0.429. The van der Waals surface area contributed by atoms with Gasteiger partial charge >= 0.3 is 0 Å². The number of benzene rings is 1. The van der Waals surface area contributed by atoms with Crippen LogP contribution >= 0.6 is 0 Å². The molecule has 4 N–H and O–H groups in total. The topological polar surface area (TPSA) is 100 Å². The molecular weight excluding hydrogens is 272 g/mol. The van der Waals surface area contributed by atoms with Crippen molar-refractivity contribution in [1.29, 1.82) is 0 Å². The van der Waals surface area contributed by atoms with E-state index in [1.165, 1.54) is 0 Å². The van der Waals surface area contributed by atoms with E-state index in [4.69, 9.17) is 15.7 Å². The molecule has 114 valence electrons. The van der Waals surface area contributed by atoms with E-state index in [2.05, 4.69) is 15.4 Å². The lowest BCUT2D eigenvalue weighted by Crippen LogP contribution is -2.36. The molecule has 0 aliphatic carbocycles. The number of carbonyl (C=O) groups is 1. The maximum absolute atomic E-state index is 11.9. The molecule has 0 saturated carbocycles. The lowest BCUT2D eigenvalue weighted by atomic mass is 10.1. The van der Waals surface area contributed by atoms with Crippen molar-refractivity contribution in [2.24, 2.45) is 16.8 Å². The summed E-state index contributed by atoms with van der Waals surface area (Å²) in [7, 11) is 0. The number of carbonyl (C=O) groups excluding carboxylic acids is 1. The predicted octanol–water partition coefficient (Wildman–Crippen LogP) is 0.844. The third-order valence-electron chi connectivity index (χ3n) is 3.46. The normalized spacial score (nSPS) is 17.4. The van der Waals surface area contributed by atoms with Crippen molar-refractivity contribution in [3.8, 4) is 0 Å². The third kappa shape index (κ3) is 3.85. The number of oxime groups is 1. The predicted molar refractivity (Wildman–Crippen MR) is 80.7 cm³/mol. The van der Waals surface area contributed by atoms with Gasteiger partial charge in [0.2, 0.25) is 5.91 Å². The minimum absolute atomic E-state index is 0.113. The van der Waals surface area contributed by atoms with E-state index in [1.807, 2.05) is 24.3 Å². The summed E-state index contributed by atoms with van der Waals surface area (Å²) in [5.74, 6) is -1.12. The van der Waals surface area contributed by atoms with Crippen LogP contribution in [0.25, 0.3) is 0 Å². The monoisotopic (exact) mass is 292 g/mol. The van der Waals surface area contributed by atoms with Gasteiger partial charge < -0.3 is 25.9 Å². The minimum atomic E-state index is -0.686. The number of anilines is 2. The summed E-state index contributed by atoms with van der Waals surface area (Å²) in [5.41, 5.74) is 7.19. The second kappa shape index (κ2) is 6.94. The van der Waals surface area contributed by atoms with Crippen LogP contribution in [0.4, 0.5) is 11.4 Å². The summed E-state index contributed by atoms with van der Waals surface area (Å²) in [6, 6.07) is 7.58. The number of ether oxygens (including phenoxy) is 1. The third-order valence-corrected chi connectivity index (χ3v) is 3.46. The van der Waals surface area contributed by atoms with E-state index >= 15 is 0 Å². The van der Waals surface area contributed by atoms with Crippen molar-refractivity contribution in [2.75, 3.05) is 36.5 Å². The Kier molecular flexibility index (Phi) is 4.99. The largest absolute Gasteiger partial charge is 0.409 e. The molecule has 1 aromatic rings. The first-order valence-corrected chi connectivity index (χ1v) is 6.83. The number of amides is 1. The van der Waals surface area contributed by atoms with Crippen LogP contribution in [0.15, 0.2) is 29.4 Å². The molecule has 1 amide bonds. The van der Waals surface area contributed by atoms with Gasteiger partial charge in [-0.15, -0.1) is 0 Å². The van der Waals surface area contributed by atoms with Crippen molar-refractivity contribution in [3.05, 3.63) is 24.3 Å². The van der Waals surface area contributed by atoms with Gasteiger partial charge in [-0.3, -0.25) is 4.79 Å². The first-order valence-electron chi connectivity index (χ1n) is 6.83. The molecule has 1 saturated heterocycles. The fourth-order valence-electron chi connectivity index (χ4n) is 2.05. The van der Waals surface area contributed by atoms with E-state index in [9.17, 15) is 4.79 Å². The van der Waals surface area contributed by atoms with E-state index < -0.39 is 5.92 Å². The molecular formula is C14H20N4O3. The van der Waals surface area contributed by atoms with Crippen LogP contribution < -0.4 is 16.0 Å². The summed E-state index contributed by atoms with van der Waals surface area (Å²) >= 11 is 0. The number of amidine groups is 1. The fourth-order valence-corrected chi connectivity index (χ4v) is 2.05. The zero-order chi connectivity index (χ0) is 15.2. The molecule has 0 radical (unpaired) electrons. The molecule has 0 spiro atoms. The van der Waals surface area contributed by atoms with Gasteiger partial charge in [-0.05, 0) is 31.2 Å². The molecule has 1 aliphatic heterocycles. The van der Waals surface area contributed by atoms with Crippen LogP contribution in [-0.4, -0.2) is 43.3 Å². The molecule has 21 heavy (non-hydrogen) atoms. The minimum Gasteiger partial charge on any atom is -0.409 e. The average Bonchev–Trinajstić information content (AvgIpc) is 2.54. The van der Waals surface area contributed by atoms with Gasteiger partial charge in [0.15, 0.2) is 5.84 Å². The van der Waals surface area contributed by atoms with Crippen molar-refractivity contribution in [2.45, 2.75) is 6.92 Å². The van der Waals surface area contributed by atoms with Crippen LogP contribution in [0.1, 0.15) is 6.92 Å². The Morgan fingerprint density at radius 1 is 1.38 bits per heavy atom. The van der Waals surface area contributed by atoms with Gasteiger partial charge in [-0.2, -0.15) is 0 Å². The second-order valence-electron chi connectivity index (χ2n) is 4.88. The van der Waals surface area contributed by atoms with E-state index in [1.54, 1.807) is 6.92 Å². The number of hydrogen-bond donors (Lipinski definition) is 3. The summed E-state index contributed by atoms with van der Waals surface area (Å²) in [5, 5.41) is 14.1. The van der Waals surface area contributed by atoms with Gasteiger partial charge in [0.1, 0.15) is 0 Å². The zero-order valence-corrected chi connectivity index (χ0v) is 12.0. The van der Waals surface area contributed by atoms with E-state index in [0.29, 0.717) is 5.69 Å². The molecule has 0 aromatic heterocycles. The molecule has 7 heteroatoms. The van der Waals surface area contributed by atoms with Crippen LogP contribution in [0.2, 0.25) is 0 Å². The summed E-state index contributed by atoms with van der Waals surface area (Å²) in [6.07, 6.45) is 0. The van der Waals surface area contributed by atoms with E-state index in [0.717, 1.165) is 32.0 Å². The highest BCUT2D eigenvalue weighted by atomic mass is 16.5. The van der Waals surface area contributed by atoms with Gasteiger partial charge in [0, 0.05) is 24.5 Å². The maximum Gasteiger partial charge on any atom is 0.234 e. The molecule has 1 heterocycles. The highest BCUT2D eigenvalue weighted by Gasteiger charge is 2.18. The lowest BCUT2D eigenvalue weighted by molar-refractivity contribution is -0.117. The number of rotatable bonds is 4. The number of morpholine rings is 1. The number of nitrogens with one attached hydrogen (secondary N) is 1. The first-order chi connectivity index (χ1) is 10.1. The zero-order valence-electron chi connectivity index (χ0n) is 12.0. The standard InChI is InChI=1S/C14H20N4O3/c1-10(13(15)17-20)14(19)16-11-2-4-12(5-3-11)18-6-8-21-9-7-18/h2-5,10,20H,6-9H2,1H3,(H2,15,17)(H,16,19). The van der Waals surface area contributed by atoms with E-state index in [-0.39, 0.29) is 11.7 Å². The van der Waals surface area contributed by atoms with Crippen molar-refractivity contribution < 1.29 is 14.7 Å². The SMILES string of the molecule is CC(C(=O)Nc1ccc(N2CCOCC2)cc1)C(N)=NO. The van der Waals surface area contributed by atoms with Crippen LogP contribution in [0.5, 0.6) is 0 Å². The Morgan fingerprint density at radius 3 is 2.57 bits per heavy atom. The van der Waals surface area contributed by atoms with Crippen LogP contribution in [-0.2, 0) is 9.53 Å². The molecule has 1 fully saturated rings. The Balaban J connectivity index is 1.97. The average molecular weight is 292 g/mol. The molecule has 1 atom stereocenters. The Labute approximate surface area is 123 Å². The maximum atomic E-state index is 11.9. The highest BCUT2D eigenvalue weighted by molar-refractivity contribution is 6.07. The number of hydrogen-bond acceptors (Lipinski definition) is 5. The number of nitrogens with two attached hydrogens (primary N) is 1. The van der Waals surface area contributed by atoms with Gasteiger partial charge in [-0.25, -0.2) is 0 Å². The molecule has 1 aromatic carbocycles. The number of nitrogens with zero attached hydrogens (tertiary/aromatic N) is 2. The van der Waals surface area contributed by atoms with Gasteiger partial charge in [0.25, 0.3) is 0 Å². The summed E-state index contributed by atoms with van der Waals surface area (Å²) in [4.78, 5) is 14.1. The molecule has 1 unspecified atom stereocenters. The Bertz CT molecular complexity index is 509. The molecule has 2 rings (SSSR count). The van der Waals surface area contributed by atoms with Gasteiger partial charge in [0.05, 0.1) is 19.1 Å². The first kappa shape index (κ1) is 15.1. The van der Waals surface area contributed by atoms with Crippen LogP contribution in [0, 0.1) is 5.92 Å². The molecule has 0 bridgehead atoms. The highest BCUT2D eigenvalue weighted by Crippen LogP contribution is 2.19. The Hall–Kier alpha value is -2.28. The quantitative estimate of drug-likeness (QED) is 0.330. The smallest absolute Gasteiger partial charge is 0.234 e. The molecule has 7 nitrogen and oxygen atoms in total. The van der Waals surface area contributed by atoms with Crippen molar-refractivity contribution in [1.82, 2.24) is 0 Å².